The van der Waals surface area contributed by atoms with Gasteiger partial charge in [-0.15, -0.1) is 0 Å². The largest absolute Gasteiger partial charge is 0.331 e. The third-order valence-corrected chi connectivity index (χ3v) is 3.99. The molecule has 0 saturated carbocycles. The molecule has 3 aromatic rings. The molecule has 0 aliphatic carbocycles. The lowest BCUT2D eigenvalue weighted by Crippen LogP contribution is -1.94. The Morgan fingerprint density at radius 2 is 2.00 bits per heavy atom. The van der Waals surface area contributed by atoms with E-state index in [2.05, 4.69) is 23.3 Å². The summed E-state index contributed by atoms with van der Waals surface area (Å²) < 4.78 is 14.6. The Morgan fingerprint density at radius 3 is 2.84 bits per heavy atom. The minimum Gasteiger partial charge on any atom is -0.331 e. The van der Waals surface area contributed by atoms with Gasteiger partial charge in [-0.05, 0) is 43.7 Å². The van der Waals surface area contributed by atoms with Crippen molar-refractivity contribution in [3.63, 3.8) is 0 Å². The number of anilines is 2. The number of nitrogens with one attached hydrogen (secondary N) is 1. The molecule has 2 nitrogen and oxygen atoms in total. The van der Waals surface area contributed by atoms with Gasteiger partial charge in [0.25, 0.3) is 0 Å². The Kier molecular flexibility index (Phi) is 2.95. The topological polar surface area (TPSA) is 24.9 Å². The van der Waals surface area contributed by atoms with E-state index in [1.165, 1.54) is 11.6 Å². The van der Waals surface area contributed by atoms with Crippen molar-refractivity contribution >= 4 is 32.4 Å². The molecule has 0 atom stereocenters. The number of hydrogen-bond donors (Lipinski definition) is 1. The van der Waals surface area contributed by atoms with Crippen LogP contribution in [0.5, 0.6) is 0 Å². The highest BCUT2D eigenvalue weighted by molar-refractivity contribution is 7.22. The van der Waals surface area contributed by atoms with Crippen molar-refractivity contribution in [3.05, 3.63) is 53.3 Å². The van der Waals surface area contributed by atoms with E-state index >= 15 is 0 Å². The quantitative estimate of drug-likeness (QED) is 0.725. The van der Waals surface area contributed by atoms with Gasteiger partial charge in [0.05, 0.1) is 10.2 Å². The standard InChI is InChI=1S/C15H13FN2S/c1-9-6-7-13-14(8-9)19-15(18-13)17-12-5-3-4-11(16)10(12)2/h3-8H,1-2H3,(H,17,18). The van der Waals surface area contributed by atoms with E-state index in [0.29, 0.717) is 5.56 Å². The number of aromatic nitrogens is 1. The molecule has 2 aromatic carbocycles. The van der Waals surface area contributed by atoms with Crippen LogP contribution in [0.1, 0.15) is 11.1 Å². The van der Waals surface area contributed by atoms with Crippen molar-refractivity contribution in [3.8, 4) is 0 Å². The van der Waals surface area contributed by atoms with Gasteiger partial charge in [-0.1, -0.05) is 23.5 Å². The summed E-state index contributed by atoms with van der Waals surface area (Å²) in [6.07, 6.45) is 0. The molecule has 1 aromatic heterocycles. The third-order valence-electron chi connectivity index (χ3n) is 3.05. The first kappa shape index (κ1) is 12.1. The van der Waals surface area contributed by atoms with Gasteiger partial charge in [-0.2, -0.15) is 0 Å². The van der Waals surface area contributed by atoms with Crippen molar-refractivity contribution in [2.24, 2.45) is 0 Å². The zero-order valence-electron chi connectivity index (χ0n) is 10.7. The van der Waals surface area contributed by atoms with Gasteiger partial charge in [-0.3, -0.25) is 0 Å². The number of aryl methyl sites for hydroxylation is 1. The van der Waals surface area contributed by atoms with Crippen LogP contribution < -0.4 is 5.32 Å². The van der Waals surface area contributed by atoms with E-state index < -0.39 is 0 Å². The maximum atomic E-state index is 13.5. The van der Waals surface area contributed by atoms with Gasteiger partial charge in [0.15, 0.2) is 5.13 Å². The minimum atomic E-state index is -0.207. The average molecular weight is 272 g/mol. The van der Waals surface area contributed by atoms with Crippen LogP contribution in [0.25, 0.3) is 10.2 Å². The molecule has 0 unspecified atom stereocenters. The van der Waals surface area contributed by atoms with E-state index in [1.807, 2.05) is 18.2 Å². The van der Waals surface area contributed by atoms with Crippen molar-refractivity contribution < 1.29 is 4.39 Å². The van der Waals surface area contributed by atoms with Gasteiger partial charge in [-0.25, -0.2) is 9.37 Å². The summed E-state index contributed by atoms with van der Waals surface area (Å²) >= 11 is 1.58. The predicted molar refractivity (Wildman–Crippen MR) is 78.8 cm³/mol. The first-order valence-electron chi connectivity index (χ1n) is 6.03. The first-order chi connectivity index (χ1) is 9.13. The van der Waals surface area contributed by atoms with Gasteiger partial charge < -0.3 is 5.32 Å². The Hall–Kier alpha value is -1.94. The second-order valence-corrected chi connectivity index (χ2v) is 5.56. The lowest BCUT2D eigenvalue weighted by atomic mass is 10.2. The van der Waals surface area contributed by atoms with Crippen LogP contribution in [0.15, 0.2) is 36.4 Å². The summed E-state index contributed by atoms with van der Waals surface area (Å²) in [5.41, 5.74) is 3.55. The smallest absolute Gasteiger partial charge is 0.188 e. The molecule has 0 saturated heterocycles. The van der Waals surface area contributed by atoms with Crippen molar-refractivity contribution in [2.75, 3.05) is 5.32 Å². The first-order valence-corrected chi connectivity index (χ1v) is 6.84. The normalized spacial score (nSPS) is 10.9. The predicted octanol–water partition coefficient (Wildman–Crippen LogP) is 4.80. The number of halogens is 1. The average Bonchev–Trinajstić information content (AvgIpc) is 2.76. The van der Waals surface area contributed by atoms with Crippen LogP contribution >= 0.6 is 11.3 Å². The Bertz CT molecular complexity index is 749. The molecule has 0 fully saturated rings. The van der Waals surface area contributed by atoms with Gasteiger partial charge in [0, 0.05) is 11.3 Å². The SMILES string of the molecule is Cc1ccc2nc(Nc3cccc(F)c3C)sc2c1. The molecule has 96 valence electrons. The van der Waals surface area contributed by atoms with E-state index in [9.17, 15) is 4.39 Å². The molecule has 3 rings (SSSR count). The van der Waals surface area contributed by atoms with Crippen LogP contribution in [0.3, 0.4) is 0 Å². The number of thiazole rings is 1. The number of benzene rings is 2. The molecule has 0 spiro atoms. The lowest BCUT2D eigenvalue weighted by Gasteiger charge is -2.06. The zero-order valence-corrected chi connectivity index (χ0v) is 11.5. The maximum absolute atomic E-state index is 13.5. The molecule has 1 heterocycles. The summed E-state index contributed by atoms with van der Waals surface area (Å²) in [6, 6.07) is 11.2. The molecular formula is C15H13FN2S. The molecule has 19 heavy (non-hydrogen) atoms. The molecule has 0 bridgehead atoms. The highest BCUT2D eigenvalue weighted by Gasteiger charge is 2.07. The van der Waals surface area contributed by atoms with Gasteiger partial charge in [0.2, 0.25) is 0 Å². The van der Waals surface area contributed by atoms with E-state index in [0.717, 1.165) is 21.0 Å². The summed E-state index contributed by atoms with van der Waals surface area (Å²) in [6.45, 7) is 3.82. The van der Waals surface area contributed by atoms with Crippen molar-refractivity contribution in [1.82, 2.24) is 4.98 Å². The van der Waals surface area contributed by atoms with Crippen LogP contribution in [-0.4, -0.2) is 4.98 Å². The number of nitrogens with zero attached hydrogens (tertiary/aromatic N) is 1. The second kappa shape index (κ2) is 4.63. The Labute approximate surface area is 114 Å². The zero-order chi connectivity index (χ0) is 13.4. The van der Waals surface area contributed by atoms with Crippen molar-refractivity contribution in [1.29, 1.82) is 0 Å². The fraction of sp³-hybridized carbons (Fsp3) is 0.133. The van der Waals surface area contributed by atoms with E-state index in [4.69, 9.17) is 0 Å². The van der Waals surface area contributed by atoms with Crippen LogP contribution in [0.4, 0.5) is 15.2 Å². The molecule has 0 amide bonds. The second-order valence-electron chi connectivity index (χ2n) is 4.53. The van der Waals surface area contributed by atoms with Crippen LogP contribution in [-0.2, 0) is 0 Å². The molecule has 0 radical (unpaired) electrons. The molecule has 1 N–H and O–H groups in total. The van der Waals surface area contributed by atoms with E-state index in [1.54, 1.807) is 24.3 Å². The fourth-order valence-electron chi connectivity index (χ4n) is 1.94. The Morgan fingerprint density at radius 1 is 1.16 bits per heavy atom. The summed E-state index contributed by atoms with van der Waals surface area (Å²) in [7, 11) is 0. The fourth-order valence-corrected chi connectivity index (χ4v) is 2.92. The molecule has 4 heteroatoms. The minimum absolute atomic E-state index is 0.207. The lowest BCUT2D eigenvalue weighted by molar-refractivity contribution is 0.619. The summed E-state index contributed by atoms with van der Waals surface area (Å²) in [5, 5.41) is 3.98. The number of fused-ring (bicyclic) bond motifs is 1. The maximum Gasteiger partial charge on any atom is 0.188 e. The summed E-state index contributed by atoms with van der Waals surface area (Å²) in [5.74, 6) is -0.207. The van der Waals surface area contributed by atoms with E-state index in [-0.39, 0.29) is 5.82 Å². The summed E-state index contributed by atoms with van der Waals surface area (Å²) in [4.78, 5) is 4.50. The monoisotopic (exact) mass is 272 g/mol. The molecule has 0 aliphatic rings. The Balaban J connectivity index is 1.99. The van der Waals surface area contributed by atoms with Crippen molar-refractivity contribution in [2.45, 2.75) is 13.8 Å². The van der Waals surface area contributed by atoms with Crippen LogP contribution in [0, 0.1) is 19.7 Å². The molecular weight excluding hydrogens is 259 g/mol. The third kappa shape index (κ3) is 2.31. The number of hydrogen-bond acceptors (Lipinski definition) is 3. The van der Waals surface area contributed by atoms with Gasteiger partial charge in [0.1, 0.15) is 5.82 Å². The highest BCUT2D eigenvalue weighted by Crippen LogP contribution is 2.30. The highest BCUT2D eigenvalue weighted by atomic mass is 32.1. The van der Waals surface area contributed by atoms with Crippen LogP contribution in [0.2, 0.25) is 0 Å². The molecule has 0 aliphatic heterocycles. The number of rotatable bonds is 2. The van der Waals surface area contributed by atoms with Gasteiger partial charge >= 0.3 is 0 Å².